The van der Waals surface area contributed by atoms with E-state index in [0.29, 0.717) is 12.3 Å². The average Bonchev–Trinajstić information content (AvgIpc) is 2.89. The first-order chi connectivity index (χ1) is 8.24. The summed E-state index contributed by atoms with van der Waals surface area (Å²) in [5.41, 5.74) is 0. The van der Waals surface area contributed by atoms with Crippen molar-refractivity contribution in [1.29, 1.82) is 0 Å². The van der Waals surface area contributed by atoms with Crippen molar-refractivity contribution in [2.24, 2.45) is 11.8 Å². The summed E-state index contributed by atoms with van der Waals surface area (Å²) in [6.45, 7) is 13.9. The summed E-state index contributed by atoms with van der Waals surface area (Å²) in [4.78, 5) is 16.2. The van der Waals surface area contributed by atoms with Gasteiger partial charge >= 0.3 is 0 Å². The number of amides is 1. The van der Waals surface area contributed by atoms with Gasteiger partial charge < -0.3 is 9.80 Å². The Balaban J connectivity index is 0.000000686. The molecule has 0 unspecified atom stereocenters. The van der Waals surface area contributed by atoms with Crippen LogP contribution in [0, 0.1) is 11.8 Å². The Kier molecular flexibility index (Phi) is 5.96. The van der Waals surface area contributed by atoms with Crippen LogP contribution in [-0.4, -0.2) is 48.4 Å². The quantitative estimate of drug-likeness (QED) is 0.755. The van der Waals surface area contributed by atoms with Crippen LogP contribution >= 0.6 is 0 Å². The molecule has 0 aromatic carbocycles. The third kappa shape index (κ3) is 3.44. The molecule has 2 heterocycles. The zero-order valence-corrected chi connectivity index (χ0v) is 11.9. The summed E-state index contributed by atoms with van der Waals surface area (Å²) in [6.07, 6.45) is 1.91. The van der Waals surface area contributed by atoms with Crippen LogP contribution in [0.5, 0.6) is 0 Å². The van der Waals surface area contributed by atoms with Gasteiger partial charge in [-0.15, -0.1) is 0 Å². The molecule has 2 atom stereocenters. The maximum absolute atomic E-state index is 11.6. The zero-order chi connectivity index (χ0) is 12.8. The predicted octanol–water partition coefficient (Wildman–Crippen LogP) is 2.22. The molecule has 3 nitrogen and oxygen atoms in total. The van der Waals surface area contributed by atoms with Crippen molar-refractivity contribution < 1.29 is 4.79 Å². The predicted molar refractivity (Wildman–Crippen MR) is 71.9 cm³/mol. The number of carbonyl (C=O) groups is 1. The summed E-state index contributed by atoms with van der Waals surface area (Å²) in [7, 11) is 0. The molecule has 2 saturated heterocycles. The fraction of sp³-hybridized carbons (Fsp3) is 0.929. The van der Waals surface area contributed by atoms with E-state index in [-0.39, 0.29) is 0 Å². The lowest BCUT2D eigenvalue weighted by molar-refractivity contribution is -0.130. The minimum absolute atomic E-state index is 0.339. The number of rotatable bonds is 3. The van der Waals surface area contributed by atoms with Crippen LogP contribution in [0.1, 0.15) is 40.5 Å². The molecule has 0 saturated carbocycles. The highest BCUT2D eigenvalue weighted by Crippen LogP contribution is 2.31. The van der Waals surface area contributed by atoms with Crippen LogP contribution in [0.3, 0.4) is 0 Å². The van der Waals surface area contributed by atoms with Gasteiger partial charge in [-0.25, -0.2) is 0 Å². The Morgan fingerprint density at radius 1 is 1.06 bits per heavy atom. The second-order valence-electron chi connectivity index (χ2n) is 4.93. The Morgan fingerprint density at radius 3 is 2.00 bits per heavy atom. The first-order valence-corrected chi connectivity index (χ1v) is 7.24. The van der Waals surface area contributed by atoms with Crippen molar-refractivity contribution in [3.8, 4) is 0 Å². The molecule has 0 radical (unpaired) electrons. The zero-order valence-electron chi connectivity index (χ0n) is 11.9. The topological polar surface area (TPSA) is 23.6 Å². The summed E-state index contributed by atoms with van der Waals surface area (Å²) in [5, 5.41) is 0. The Bertz CT molecular complexity index is 228. The van der Waals surface area contributed by atoms with E-state index in [4.69, 9.17) is 0 Å². The van der Waals surface area contributed by atoms with Crippen LogP contribution in [0.2, 0.25) is 0 Å². The standard InChI is InChI=1S/C12H22N2O.C2H6/c1-3-5-13-6-10-8-14(12(15)4-2)9-11(10)7-13;1-2/h10-11H,3-9H2,1-2H3;1-2H3/t10-,11+;. The van der Waals surface area contributed by atoms with Crippen LogP contribution in [0.15, 0.2) is 0 Å². The van der Waals surface area contributed by atoms with Crippen molar-refractivity contribution in [1.82, 2.24) is 9.80 Å². The van der Waals surface area contributed by atoms with Crippen LogP contribution in [0.25, 0.3) is 0 Å². The smallest absolute Gasteiger partial charge is 0.222 e. The highest BCUT2D eigenvalue weighted by Gasteiger charge is 2.40. The highest BCUT2D eigenvalue weighted by atomic mass is 16.2. The molecule has 2 rings (SSSR count). The lowest BCUT2D eigenvalue weighted by atomic mass is 10.0. The minimum atomic E-state index is 0.339. The molecule has 2 aliphatic heterocycles. The Hall–Kier alpha value is -0.570. The molecule has 0 N–H and O–H groups in total. The molecule has 100 valence electrons. The molecule has 3 heteroatoms. The maximum atomic E-state index is 11.6. The summed E-state index contributed by atoms with van der Waals surface area (Å²) in [6, 6.07) is 0. The molecular weight excluding hydrogens is 212 g/mol. The first-order valence-electron chi connectivity index (χ1n) is 7.24. The van der Waals surface area contributed by atoms with Crippen molar-refractivity contribution >= 4 is 5.91 Å². The SMILES string of the molecule is CC.CCCN1C[C@@H]2CN(C(=O)CC)C[C@@H]2C1. The largest absolute Gasteiger partial charge is 0.342 e. The molecular formula is C14H28N2O. The van der Waals surface area contributed by atoms with E-state index in [1.165, 1.54) is 26.1 Å². The van der Waals surface area contributed by atoms with Crippen molar-refractivity contribution in [3.05, 3.63) is 0 Å². The van der Waals surface area contributed by atoms with E-state index < -0.39 is 0 Å². The van der Waals surface area contributed by atoms with Crippen molar-refractivity contribution in [2.75, 3.05) is 32.7 Å². The van der Waals surface area contributed by atoms with Gasteiger partial charge in [0.25, 0.3) is 0 Å². The maximum Gasteiger partial charge on any atom is 0.222 e. The fourth-order valence-electron chi connectivity index (χ4n) is 3.02. The van der Waals surface area contributed by atoms with Gasteiger partial charge in [0.05, 0.1) is 0 Å². The van der Waals surface area contributed by atoms with Gasteiger partial charge in [0, 0.05) is 32.6 Å². The number of carbonyl (C=O) groups excluding carboxylic acids is 1. The average molecular weight is 240 g/mol. The number of nitrogens with zero attached hydrogens (tertiary/aromatic N) is 2. The molecule has 0 spiro atoms. The minimum Gasteiger partial charge on any atom is -0.342 e. The lowest BCUT2D eigenvalue weighted by Crippen LogP contribution is -2.32. The van der Waals surface area contributed by atoms with Gasteiger partial charge in [-0.3, -0.25) is 4.79 Å². The number of hydrogen-bond acceptors (Lipinski definition) is 2. The Labute approximate surface area is 106 Å². The normalized spacial score (nSPS) is 27.6. The second-order valence-corrected chi connectivity index (χ2v) is 4.93. The molecule has 2 aliphatic rings. The molecule has 2 fully saturated rings. The second kappa shape index (κ2) is 7.00. The number of fused-ring (bicyclic) bond motifs is 1. The third-order valence-electron chi connectivity index (χ3n) is 3.76. The molecule has 0 aromatic heterocycles. The Morgan fingerprint density at radius 2 is 1.59 bits per heavy atom. The van der Waals surface area contributed by atoms with Crippen LogP contribution in [-0.2, 0) is 4.79 Å². The summed E-state index contributed by atoms with van der Waals surface area (Å²) in [5.74, 6) is 1.85. The van der Waals surface area contributed by atoms with Gasteiger partial charge in [0.2, 0.25) is 5.91 Å². The van der Waals surface area contributed by atoms with Crippen LogP contribution in [0.4, 0.5) is 0 Å². The van der Waals surface area contributed by atoms with Gasteiger partial charge in [0.15, 0.2) is 0 Å². The monoisotopic (exact) mass is 240 g/mol. The van der Waals surface area contributed by atoms with Gasteiger partial charge in [-0.1, -0.05) is 27.7 Å². The van der Waals surface area contributed by atoms with Gasteiger partial charge in [-0.05, 0) is 24.8 Å². The third-order valence-corrected chi connectivity index (χ3v) is 3.76. The molecule has 17 heavy (non-hydrogen) atoms. The van der Waals surface area contributed by atoms with Crippen molar-refractivity contribution in [2.45, 2.75) is 40.5 Å². The molecule has 1 amide bonds. The van der Waals surface area contributed by atoms with Crippen LogP contribution < -0.4 is 0 Å². The van der Waals surface area contributed by atoms with E-state index in [9.17, 15) is 4.79 Å². The molecule has 0 bridgehead atoms. The summed E-state index contributed by atoms with van der Waals surface area (Å²) < 4.78 is 0. The van der Waals surface area contributed by atoms with E-state index in [0.717, 1.165) is 24.9 Å². The van der Waals surface area contributed by atoms with Crippen molar-refractivity contribution in [3.63, 3.8) is 0 Å². The van der Waals surface area contributed by atoms with E-state index in [1.807, 2.05) is 20.8 Å². The molecule has 0 aliphatic carbocycles. The molecule has 0 aromatic rings. The van der Waals surface area contributed by atoms with E-state index in [2.05, 4.69) is 16.7 Å². The fourth-order valence-corrected chi connectivity index (χ4v) is 3.02. The van der Waals surface area contributed by atoms with E-state index >= 15 is 0 Å². The van der Waals surface area contributed by atoms with Gasteiger partial charge in [-0.2, -0.15) is 0 Å². The number of likely N-dealkylation sites (tertiary alicyclic amines) is 2. The first kappa shape index (κ1) is 14.5. The number of hydrogen-bond donors (Lipinski definition) is 0. The summed E-state index contributed by atoms with van der Waals surface area (Å²) >= 11 is 0. The highest BCUT2D eigenvalue weighted by molar-refractivity contribution is 5.76. The van der Waals surface area contributed by atoms with E-state index in [1.54, 1.807) is 0 Å². The van der Waals surface area contributed by atoms with Gasteiger partial charge in [0.1, 0.15) is 0 Å². The lowest BCUT2D eigenvalue weighted by Gasteiger charge is -2.20.